The molecule has 0 N–H and O–H groups in total. The number of hydrogen-bond acceptors (Lipinski definition) is 5. The van der Waals surface area contributed by atoms with Crippen molar-refractivity contribution in [2.45, 2.75) is 63.3 Å². The normalized spacial score (nSPS) is 12.5. The van der Waals surface area contributed by atoms with Gasteiger partial charge in [-0.1, -0.05) is 59.1 Å². The molecule has 0 aliphatic rings. The number of sulfone groups is 1. The average molecular weight is 548 g/mol. The third-order valence-corrected chi connectivity index (χ3v) is 14.4. The fraction of sp³-hybridized carbons (Fsp3) is 0.423. The van der Waals surface area contributed by atoms with E-state index < -0.39 is 34.4 Å². The van der Waals surface area contributed by atoms with Crippen LogP contribution in [0, 0.1) is 17.3 Å². The second-order valence-electron chi connectivity index (χ2n) is 10.0. The summed E-state index contributed by atoms with van der Waals surface area (Å²) >= 11 is 6.44. The standard InChI is InChI=1S/C26H31ClFN3O3SSi/c1-15(2)36(16(3)4,17(5)6)12-11-19-21-14-29-26(35(8,33)34)30-24(21)31(7)25(32)23(19)20-13-18(28)9-10-22(20)27/h9-10,13-17H,1-8H3. The predicted molar refractivity (Wildman–Crippen MR) is 146 cm³/mol. The number of rotatable bonds is 5. The van der Waals surface area contributed by atoms with Crippen molar-refractivity contribution in [1.29, 1.82) is 0 Å². The van der Waals surface area contributed by atoms with Crippen LogP contribution in [-0.2, 0) is 16.9 Å². The molecule has 3 rings (SSSR count). The number of aryl methyl sites for hydroxylation is 1. The number of halogens is 2. The predicted octanol–water partition coefficient (Wildman–Crippen LogP) is 5.76. The lowest BCUT2D eigenvalue weighted by Gasteiger charge is -2.38. The number of benzene rings is 1. The molecule has 2 aromatic heterocycles. The lowest BCUT2D eigenvalue weighted by molar-refractivity contribution is 0.593. The van der Waals surface area contributed by atoms with Crippen LogP contribution in [0.1, 0.15) is 47.1 Å². The minimum atomic E-state index is -3.72. The number of pyridine rings is 1. The van der Waals surface area contributed by atoms with Gasteiger partial charge in [-0.3, -0.25) is 9.36 Å². The minimum Gasteiger partial charge on any atom is -0.295 e. The molecule has 0 amide bonds. The molecule has 0 unspecified atom stereocenters. The van der Waals surface area contributed by atoms with Crippen LogP contribution in [0.15, 0.2) is 34.3 Å². The summed E-state index contributed by atoms with van der Waals surface area (Å²) in [6, 6.07) is 3.82. The number of fused-ring (bicyclic) bond motifs is 1. The van der Waals surface area contributed by atoms with Gasteiger partial charge in [0.2, 0.25) is 15.0 Å². The van der Waals surface area contributed by atoms with Crippen molar-refractivity contribution in [2.75, 3.05) is 6.26 Å². The van der Waals surface area contributed by atoms with Crippen molar-refractivity contribution in [2.24, 2.45) is 7.05 Å². The summed E-state index contributed by atoms with van der Waals surface area (Å²) in [4.78, 5) is 21.9. The molecule has 0 aliphatic heterocycles. The minimum absolute atomic E-state index is 0.127. The van der Waals surface area contributed by atoms with Crippen molar-refractivity contribution >= 4 is 40.5 Å². The SMILES string of the molecule is CC(C)[Si](C#Cc1c(-c2cc(F)ccc2Cl)c(=O)n(C)c2nc(S(C)(=O)=O)ncc12)(C(C)C)C(C)C. The Morgan fingerprint density at radius 3 is 2.19 bits per heavy atom. The van der Waals surface area contributed by atoms with E-state index in [0.717, 1.165) is 6.26 Å². The topological polar surface area (TPSA) is 81.9 Å². The van der Waals surface area contributed by atoms with Crippen molar-refractivity contribution < 1.29 is 12.8 Å². The van der Waals surface area contributed by atoms with E-state index in [4.69, 9.17) is 11.6 Å². The van der Waals surface area contributed by atoms with E-state index in [-0.39, 0.29) is 21.8 Å². The van der Waals surface area contributed by atoms with Crippen LogP contribution < -0.4 is 5.56 Å². The smallest absolute Gasteiger partial charge is 0.261 e. The van der Waals surface area contributed by atoms with E-state index in [1.807, 2.05) is 0 Å². The monoisotopic (exact) mass is 547 g/mol. The summed E-state index contributed by atoms with van der Waals surface area (Å²) < 4.78 is 39.8. The van der Waals surface area contributed by atoms with Gasteiger partial charge in [-0.05, 0) is 34.8 Å². The van der Waals surface area contributed by atoms with E-state index in [9.17, 15) is 17.6 Å². The molecule has 2 heterocycles. The van der Waals surface area contributed by atoms with Crippen molar-refractivity contribution in [3.8, 4) is 22.6 Å². The number of nitrogens with zero attached hydrogens (tertiary/aromatic N) is 3. The zero-order valence-electron chi connectivity index (χ0n) is 21.8. The Morgan fingerprint density at radius 2 is 1.67 bits per heavy atom. The number of hydrogen-bond donors (Lipinski definition) is 0. The van der Waals surface area contributed by atoms with E-state index in [1.165, 1.54) is 36.0 Å². The molecule has 6 nitrogen and oxygen atoms in total. The maximum Gasteiger partial charge on any atom is 0.261 e. The second kappa shape index (κ2) is 10.1. The van der Waals surface area contributed by atoms with E-state index in [0.29, 0.717) is 27.6 Å². The third-order valence-electron chi connectivity index (χ3n) is 6.90. The number of aromatic nitrogens is 3. The van der Waals surface area contributed by atoms with E-state index in [2.05, 4.69) is 63.0 Å². The largest absolute Gasteiger partial charge is 0.295 e. The molecule has 0 spiro atoms. The Bertz CT molecular complexity index is 1550. The van der Waals surface area contributed by atoms with Gasteiger partial charge in [0.1, 0.15) is 19.5 Å². The fourth-order valence-corrected chi connectivity index (χ4v) is 11.1. The molecule has 36 heavy (non-hydrogen) atoms. The molecular weight excluding hydrogens is 517 g/mol. The van der Waals surface area contributed by atoms with Gasteiger partial charge >= 0.3 is 0 Å². The zero-order chi connectivity index (χ0) is 27.2. The molecule has 0 radical (unpaired) electrons. The molecule has 10 heteroatoms. The van der Waals surface area contributed by atoms with Gasteiger partial charge in [-0.2, -0.15) is 4.98 Å². The van der Waals surface area contributed by atoms with Crippen LogP contribution in [0.25, 0.3) is 22.2 Å². The highest BCUT2D eigenvalue weighted by Crippen LogP contribution is 2.41. The summed E-state index contributed by atoms with van der Waals surface area (Å²) in [6.07, 6.45) is 2.37. The first kappa shape index (κ1) is 28.0. The van der Waals surface area contributed by atoms with Gasteiger partial charge in [0.15, 0.2) is 0 Å². The first-order valence-electron chi connectivity index (χ1n) is 11.7. The summed E-state index contributed by atoms with van der Waals surface area (Å²) in [5, 5.41) is 0.201. The van der Waals surface area contributed by atoms with Crippen LogP contribution in [-0.4, -0.2) is 37.3 Å². The maximum absolute atomic E-state index is 14.3. The molecule has 1 aromatic carbocycles. The molecule has 192 valence electrons. The van der Waals surface area contributed by atoms with Gasteiger partial charge in [0, 0.05) is 35.6 Å². The van der Waals surface area contributed by atoms with E-state index >= 15 is 0 Å². The van der Waals surface area contributed by atoms with E-state index in [1.54, 1.807) is 0 Å². The molecule has 0 fully saturated rings. The van der Waals surface area contributed by atoms with Crippen molar-refractivity contribution in [3.63, 3.8) is 0 Å². The highest BCUT2D eigenvalue weighted by molar-refractivity contribution is 7.90. The van der Waals surface area contributed by atoms with Crippen LogP contribution in [0.4, 0.5) is 4.39 Å². The van der Waals surface area contributed by atoms with Gasteiger partial charge in [0.25, 0.3) is 5.56 Å². The molecule has 0 bridgehead atoms. The van der Waals surface area contributed by atoms with Gasteiger partial charge < -0.3 is 0 Å². The molecule has 0 saturated carbocycles. The summed E-state index contributed by atoms with van der Waals surface area (Å²) in [5.41, 5.74) is 4.88. The Hall–Kier alpha value is -2.54. The summed E-state index contributed by atoms with van der Waals surface area (Å²) in [6.45, 7) is 13.1. The van der Waals surface area contributed by atoms with Crippen LogP contribution in [0.2, 0.25) is 21.6 Å². The molecule has 0 saturated heterocycles. The lowest BCUT2D eigenvalue weighted by atomic mass is 9.99. The van der Waals surface area contributed by atoms with Gasteiger partial charge in [-0.15, -0.1) is 5.54 Å². The quantitative estimate of drug-likeness (QED) is 0.230. The molecule has 0 atom stereocenters. The molecule has 0 aliphatic carbocycles. The van der Waals surface area contributed by atoms with Crippen LogP contribution in [0.3, 0.4) is 0 Å². The van der Waals surface area contributed by atoms with Crippen molar-refractivity contribution in [1.82, 2.24) is 14.5 Å². The second-order valence-corrected chi connectivity index (χ2v) is 17.9. The highest BCUT2D eigenvalue weighted by Gasteiger charge is 2.41. The Balaban J connectivity index is 2.57. The Kier molecular flexibility index (Phi) is 7.85. The fourth-order valence-electron chi connectivity index (χ4n) is 5.15. The first-order valence-corrected chi connectivity index (χ1v) is 16.2. The van der Waals surface area contributed by atoms with Gasteiger partial charge in [-0.25, -0.2) is 17.8 Å². The average Bonchev–Trinajstić information content (AvgIpc) is 2.77. The Morgan fingerprint density at radius 1 is 1.08 bits per heavy atom. The third kappa shape index (κ3) is 4.86. The molecular formula is C26H31ClFN3O3SSi. The molecule has 3 aromatic rings. The van der Waals surface area contributed by atoms with Gasteiger partial charge in [0.05, 0.1) is 10.9 Å². The van der Waals surface area contributed by atoms with Crippen molar-refractivity contribution in [3.05, 3.63) is 51.2 Å². The first-order chi connectivity index (χ1) is 16.6. The van der Waals surface area contributed by atoms with Crippen LogP contribution in [0.5, 0.6) is 0 Å². The zero-order valence-corrected chi connectivity index (χ0v) is 24.3. The maximum atomic E-state index is 14.3. The summed E-state index contributed by atoms with van der Waals surface area (Å²) in [5.74, 6) is 2.75. The Labute approximate surface area is 217 Å². The lowest BCUT2D eigenvalue weighted by Crippen LogP contribution is -2.43. The van der Waals surface area contributed by atoms with Crippen LogP contribution >= 0.6 is 11.6 Å². The summed E-state index contributed by atoms with van der Waals surface area (Å²) in [7, 11) is -4.47. The highest BCUT2D eigenvalue weighted by atomic mass is 35.5.